The SMILES string of the molecule is CCCCCCCC(=O)N/N=C/c1ccc(Cl)s1. The maximum Gasteiger partial charge on any atom is 0.240 e. The van der Waals surface area contributed by atoms with Crippen LogP contribution in [-0.4, -0.2) is 12.1 Å². The molecule has 0 aromatic carbocycles. The van der Waals surface area contributed by atoms with Crippen molar-refractivity contribution in [3.63, 3.8) is 0 Å². The van der Waals surface area contributed by atoms with Gasteiger partial charge in [-0.15, -0.1) is 11.3 Å². The van der Waals surface area contributed by atoms with Gasteiger partial charge in [-0.05, 0) is 18.6 Å². The zero-order chi connectivity index (χ0) is 13.2. The quantitative estimate of drug-likeness (QED) is 0.434. The van der Waals surface area contributed by atoms with Gasteiger partial charge in [0.25, 0.3) is 0 Å². The van der Waals surface area contributed by atoms with Crippen LogP contribution in [0.5, 0.6) is 0 Å². The lowest BCUT2D eigenvalue weighted by atomic mass is 10.1. The molecule has 0 aliphatic heterocycles. The number of hydrogen-bond acceptors (Lipinski definition) is 3. The van der Waals surface area contributed by atoms with Gasteiger partial charge < -0.3 is 0 Å². The summed E-state index contributed by atoms with van der Waals surface area (Å²) in [4.78, 5) is 12.4. The minimum Gasteiger partial charge on any atom is -0.273 e. The van der Waals surface area contributed by atoms with Gasteiger partial charge in [-0.3, -0.25) is 4.79 Å². The second-order valence-corrected chi connectivity index (χ2v) is 5.85. The Balaban J connectivity index is 2.11. The van der Waals surface area contributed by atoms with E-state index < -0.39 is 0 Å². The number of carbonyl (C=O) groups is 1. The van der Waals surface area contributed by atoms with E-state index in [0.29, 0.717) is 6.42 Å². The first-order chi connectivity index (χ1) is 8.72. The van der Waals surface area contributed by atoms with Gasteiger partial charge in [0.1, 0.15) is 0 Å². The zero-order valence-corrected chi connectivity index (χ0v) is 12.2. The van der Waals surface area contributed by atoms with Gasteiger partial charge in [0.15, 0.2) is 0 Å². The molecular formula is C13H19ClN2OS. The molecule has 0 spiro atoms. The molecule has 1 aromatic rings. The number of hydrogen-bond donors (Lipinski definition) is 1. The molecule has 0 saturated heterocycles. The van der Waals surface area contributed by atoms with Crippen molar-refractivity contribution >= 4 is 35.1 Å². The molecule has 0 aliphatic rings. The summed E-state index contributed by atoms with van der Waals surface area (Å²) in [7, 11) is 0. The van der Waals surface area contributed by atoms with Crippen molar-refractivity contribution in [2.75, 3.05) is 0 Å². The Morgan fingerprint density at radius 3 is 2.83 bits per heavy atom. The summed E-state index contributed by atoms with van der Waals surface area (Å²) in [6, 6.07) is 3.68. The summed E-state index contributed by atoms with van der Waals surface area (Å²) in [6.45, 7) is 2.18. The fourth-order valence-electron chi connectivity index (χ4n) is 1.51. The normalized spacial score (nSPS) is 11.0. The second-order valence-electron chi connectivity index (χ2n) is 4.10. The number of rotatable bonds is 8. The van der Waals surface area contributed by atoms with E-state index in [0.717, 1.165) is 22.1 Å². The highest BCUT2D eigenvalue weighted by atomic mass is 35.5. The lowest BCUT2D eigenvalue weighted by molar-refractivity contribution is -0.121. The van der Waals surface area contributed by atoms with E-state index in [2.05, 4.69) is 17.5 Å². The summed E-state index contributed by atoms with van der Waals surface area (Å²) < 4.78 is 0.721. The Kier molecular flexibility index (Phi) is 7.69. The molecule has 1 rings (SSSR count). The molecule has 0 saturated carbocycles. The topological polar surface area (TPSA) is 41.5 Å². The Morgan fingerprint density at radius 2 is 2.17 bits per heavy atom. The predicted molar refractivity (Wildman–Crippen MR) is 78.4 cm³/mol. The largest absolute Gasteiger partial charge is 0.273 e. The lowest BCUT2D eigenvalue weighted by Gasteiger charge is -1.99. The van der Waals surface area contributed by atoms with Crippen LogP contribution in [0.2, 0.25) is 4.34 Å². The summed E-state index contributed by atoms with van der Waals surface area (Å²) >= 11 is 7.21. The van der Waals surface area contributed by atoms with E-state index in [1.54, 1.807) is 6.21 Å². The van der Waals surface area contributed by atoms with Gasteiger partial charge in [0, 0.05) is 11.3 Å². The summed E-state index contributed by atoms with van der Waals surface area (Å²) in [5, 5.41) is 3.90. The number of thiophene rings is 1. The molecule has 5 heteroatoms. The first-order valence-electron chi connectivity index (χ1n) is 6.29. The highest BCUT2D eigenvalue weighted by Crippen LogP contribution is 2.19. The third-order valence-electron chi connectivity index (χ3n) is 2.48. The molecule has 3 nitrogen and oxygen atoms in total. The van der Waals surface area contributed by atoms with Crippen molar-refractivity contribution in [2.45, 2.75) is 45.4 Å². The number of unbranched alkanes of at least 4 members (excludes halogenated alkanes) is 4. The fourth-order valence-corrected chi connectivity index (χ4v) is 2.44. The maximum absolute atomic E-state index is 11.4. The average Bonchev–Trinajstić information content (AvgIpc) is 2.75. The number of halogens is 1. The summed E-state index contributed by atoms with van der Waals surface area (Å²) in [5.74, 6) is -0.0228. The average molecular weight is 287 g/mol. The van der Waals surface area contributed by atoms with Crippen molar-refractivity contribution in [2.24, 2.45) is 5.10 Å². The van der Waals surface area contributed by atoms with E-state index in [4.69, 9.17) is 11.6 Å². The van der Waals surface area contributed by atoms with Crippen molar-refractivity contribution in [1.29, 1.82) is 0 Å². The number of hydrazone groups is 1. The molecule has 0 bridgehead atoms. The minimum atomic E-state index is -0.0228. The molecule has 0 unspecified atom stereocenters. The van der Waals surface area contributed by atoms with Gasteiger partial charge in [-0.1, -0.05) is 44.2 Å². The highest BCUT2D eigenvalue weighted by Gasteiger charge is 1.99. The lowest BCUT2D eigenvalue weighted by Crippen LogP contribution is -2.16. The van der Waals surface area contributed by atoms with Crippen LogP contribution in [0.15, 0.2) is 17.2 Å². The van der Waals surface area contributed by atoms with Crippen molar-refractivity contribution in [1.82, 2.24) is 5.43 Å². The monoisotopic (exact) mass is 286 g/mol. The van der Waals surface area contributed by atoms with Crippen LogP contribution in [0.25, 0.3) is 0 Å². The molecule has 1 aromatic heterocycles. The molecule has 18 heavy (non-hydrogen) atoms. The molecule has 1 heterocycles. The first kappa shape index (κ1) is 15.2. The number of nitrogens with one attached hydrogen (secondary N) is 1. The van der Waals surface area contributed by atoms with E-state index in [1.807, 2.05) is 12.1 Å². The van der Waals surface area contributed by atoms with Crippen molar-refractivity contribution in [3.8, 4) is 0 Å². The number of carbonyl (C=O) groups excluding carboxylic acids is 1. The summed E-state index contributed by atoms with van der Waals surface area (Å²) in [5.41, 5.74) is 2.53. The predicted octanol–water partition coefficient (Wildman–Crippen LogP) is 4.21. The van der Waals surface area contributed by atoms with Gasteiger partial charge in [-0.2, -0.15) is 5.10 Å². The maximum atomic E-state index is 11.4. The van der Waals surface area contributed by atoms with Gasteiger partial charge >= 0.3 is 0 Å². The van der Waals surface area contributed by atoms with Crippen molar-refractivity contribution < 1.29 is 4.79 Å². The van der Waals surface area contributed by atoms with Crippen LogP contribution in [0, 0.1) is 0 Å². The van der Waals surface area contributed by atoms with Gasteiger partial charge in [-0.25, -0.2) is 5.43 Å². The Labute approximate surface area is 117 Å². The number of nitrogens with zero attached hydrogens (tertiary/aromatic N) is 1. The Morgan fingerprint density at radius 1 is 1.39 bits per heavy atom. The van der Waals surface area contributed by atoms with Crippen LogP contribution in [-0.2, 0) is 4.79 Å². The van der Waals surface area contributed by atoms with E-state index in [-0.39, 0.29) is 5.91 Å². The van der Waals surface area contributed by atoms with Crippen LogP contribution >= 0.6 is 22.9 Å². The van der Waals surface area contributed by atoms with Crippen molar-refractivity contribution in [3.05, 3.63) is 21.3 Å². The number of amides is 1. The third-order valence-corrected chi connectivity index (χ3v) is 3.65. The molecule has 100 valence electrons. The van der Waals surface area contributed by atoms with Gasteiger partial charge in [0.05, 0.1) is 10.6 Å². The van der Waals surface area contributed by atoms with Crippen LogP contribution in [0.4, 0.5) is 0 Å². The minimum absolute atomic E-state index is 0.0228. The molecule has 1 amide bonds. The second kappa shape index (κ2) is 9.11. The Hall–Kier alpha value is -0.870. The molecule has 0 fully saturated rings. The highest BCUT2D eigenvalue weighted by molar-refractivity contribution is 7.17. The summed E-state index contributed by atoms with van der Waals surface area (Å²) in [6.07, 6.45) is 7.90. The molecular weight excluding hydrogens is 268 g/mol. The smallest absolute Gasteiger partial charge is 0.240 e. The van der Waals surface area contributed by atoms with Crippen LogP contribution in [0.3, 0.4) is 0 Å². The molecule has 0 aliphatic carbocycles. The fraction of sp³-hybridized carbons (Fsp3) is 0.538. The third kappa shape index (κ3) is 6.77. The molecule has 0 atom stereocenters. The van der Waals surface area contributed by atoms with Gasteiger partial charge in [0.2, 0.25) is 5.91 Å². The molecule has 1 N–H and O–H groups in total. The van der Waals surface area contributed by atoms with E-state index in [9.17, 15) is 4.79 Å². The first-order valence-corrected chi connectivity index (χ1v) is 7.49. The van der Waals surface area contributed by atoms with Crippen LogP contribution in [0.1, 0.15) is 50.3 Å². The zero-order valence-electron chi connectivity index (χ0n) is 10.6. The van der Waals surface area contributed by atoms with E-state index >= 15 is 0 Å². The Bertz CT molecular complexity index is 390. The van der Waals surface area contributed by atoms with E-state index in [1.165, 1.54) is 30.6 Å². The standard InChI is InChI=1S/C13H19ClN2OS/c1-2-3-4-5-6-7-13(17)16-15-10-11-8-9-12(14)18-11/h8-10H,2-7H2,1H3,(H,16,17)/b15-10+. The van der Waals surface area contributed by atoms with Crippen LogP contribution < -0.4 is 5.43 Å². The molecule has 0 radical (unpaired) electrons.